The minimum Gasteiger partial charge on any atom is -0.452 e. The van der Waals surface area contributed by atoms with Crippen molar-refractivity contribution < 1.29 is 19.2 Å². The zero-order valence-electron chi connectivity index (χ0n) is 16.8. The second-order valence-corrected chi connectivity index (χ2v) is 6.77. The minimum absolute atomic E-state index is 0.00868. The zero-order valence-corrected chi connectivity index (χ0v) is 16.8. The van der Waals surface area contributed by atoms with Gasteiger partial charge < -0.3 is 19.9 Å². The van der Waals surface area contributed by atoms with Crippen molar-refractivity contribution in [1.82, 2.24) is 5.32 Å². The molecule has 0 heterocycles. The molecule has 0 radical (unpaired) electrons. The maximum atomic E-state index is 12.1. The Bertz CT molecular complexity index is 894. The normalized spacial score (nSPS) is 10.2. The van der Waals surface area contributed by atoms with Crippen molar-refractivity contribution in [3.8, 4) is 0 Å². The quantitative estimate of drug-likeness (QED) is 0.411. The summed E-state index contributed by atoms with van der Waals surface area (Å²) in [4.78, 5) is 38.3. The van der Waals surface area contributed by atoms with Gasteiger partial charge in [-0.2, -0.15) is 0 Å². The Morgan fingerprint density at radius 3 is 2.24 bits per heavy atom. The lowest BCUT2D eigenvalue weighted by atomic mass is 10.1. The highest BCUT2D eigenvalue weighted by molar-refractivity contribution is 5.93. The molecule has 0 bridgehead atoms. The SMILES string of the molecule is CN(C)c1ccc(CNC(=O)COC(=O)c2ccc(N(C)C)c([N+](=O)[O-])c2)cc1. The molecule has 0 saturated heterocycles. The maximum absolute atomic E-state index is 12.1. The molecule has 0 fully saturated rings. The summed E-state index contributed by atoms with van der Waals surface area (Å²) < 4.78 is 4.97. The summed E-state index contributed by atoms with van der Waals surface area (Å²) in [5.74, 6) is -1.27. The van der Waals surface area contributed by atoms with E-state index in [1.165, 1.54) is 12.1 Å². The van der Waals surface area contributed by atoms with E-state index in [-0.39, 0.29) is 11.3 Å². The Labute approximate surface area is 169 Å². The molecule has 1 N–H and O–H groups in total. The van der Waals surface area contributed by atoms with Crippen LogP contribution in [0.1, 0.15) is 15.9 Å². The van der Waals surface area contributed by atoms with Crippen LogP contribution in [-0.4, -0.2) is 51.6 Å². The zero-order chi connectivity index (χ0) is 21.6. The molecule has 0 saturated carbocycles. The van der Waals surface area contributed by atoms with Gasteiger partial charge in [0.05, 0.1) is 10.5 Å². The van der Waals surface area contributed by atoms with Crippen LogP contribution in [0.2, 0.25) is 0 Å². The first kappa shape index (κ1) is 21.7. The summed E-state index contributed by atoms with van der Waals surface area (Å²) >= 11 is 0. The van der Waals surface area contributed by atoms with Crippen LogP contribution in [0.4, 0.5) is 17.1 Å². The lowest BCUT2D eigenvalue weighted by molar-refractivity contribution is -0.384. The summed E-state index contributed by atoms with van der Waals surface area (Å²) in [6.45, 7) is -0.176. The maximum Gasteiger partial charge on any atom is 0.338 e. The molecule has 2 rings (SSSR count). The second-order valence-electron chi connectivity index (χ2n) is 6.77. The average Bonchev–Trinajstić information content (AvgIpc) is 2.70. The van der Waals surface area contributed by atoms with E-state index in [0.29, 0.717) is 12.2 Å². The first-order valence-electron chi connectivity index (χ1n) is 8.85. The lowest BCUT2D eigenvalue weighted by Gasteiger charge is -2.13. The Kier molecular flexibility index (Phi) is 7.13. The van der Waals surface area contributed by atoms with Crippen molar-refractivity contribution in [2.75, 3.05) is 44.6 Å². The smallest absolute Gasteiger partial charge is 0.338 e. The highest BCUT2D eigenvalue weighted by atomic mass is 16.6. The number of amides is 1. The van der Waals surface area contributed by atoms with E-state index in [9.17, 15) is 19.7 Å². The summed E-state index contributed by atoms with van der Waals surface area (Å²) in [6, 6.07) is 11.7. The number of nitrogens with zero attached hydrogens (tertiary/aromatic N) is 3. The van der Waals surface area contributed by atoms with E-state index in [0.717, 1.165) is 17.3 Å². The molecule has 0 spiro atoms. The van der Waals surface area contributed by atoms with Crippen LogP contribution in [-0.2, 0) is 16.1 Å². The molecule has 0 aliphatic rings. The number of nitro groups is 1. The van der Waals surface area contributed by atoms with E-state index < -0.39 is 23.4 Å². The van der Waals surface area contributed by atoms with Crippen LogP contribution in [0.5, 0.6) is 0 Å². The molecule has 9 nitrogen and oxygen atoms in total. The molecule has 0 aliphatic carbocycles. The number of anilines is 2. The van der Waals surface area contributed by atoms with Gasteiger partial charge in [0.2, 0.25) is 0 Å². The number of hydrogen-bond acceptors (Lipinski definition) is 7. The van der Waals surface area contributed by atoms with Crippen molar-refractivity contribution in [1.29, 1.82) is 0 Å². The van der Waals surface area contributed by atoms with Crippen molar-refractivity contribution in [2.24, 2.45) is 0 Å². The van der Waals surface area contributed by atoms with Gasteiger partial charge >= 0.3 is 5.97 Å². The number of hydrogen-bond donors (Lipinski definition) is 1. The number of esters is 1. The number of ether oxygens (including phenoxy) is 1. The molecule has 9 heteroatoms. The fraction of sp³-hybridized carbons (Fsp3) is 0.300. The van der Waals surface area contributed by atoms with Gasteiger partial charge in [0.15, 0.2) is 6.61 Å². The van der Waals surface area contributed by atoms with Crippen molar-refractivity contribution >= 4 is 28.9 Å². The molecular formula is C20H24N4O5. The van der Waals surface area contributed by atoms with Crippen LogP contribution in [0.3, 0.4) is 0 Å². The third kappa shape index (κ3) is 5.93. The average molecular weight is 400 g/mol. The fourth-order valence-electron chi connectivity index (χ4n) is 2.55. The van der Waals surface area contributed by atoms with Gasteiger partial charge in [-0.25, -0.2) is 4.79 Å². The monoisotopic (exact) mass is 400 g/mol. The van der Waals surface area contributed by atoms with Gasteiger partial charge in [-0.3, -0.25) is 14.9 Å². The van der Waals surface area contributed by atoms with E-state index in [2.05, 4.69) is 5.32 Å². The molecule has 0 aromatic heterocycles. The summed E-state index contributed by atoms with van der Waals surface area (Å²) in [5.41, 5.74) is 2.11. The Hall–Kier alpha value is -3.62. The number of carbonyl (C=O) groups excluding carboxylic acids is 2. The topological polar surface area (TPSA) is 105 Å². The van der Waals surface area contributed by atoms with Crippen LogP contribution in [0.15, 0.2) is 42.5 Å². The number of nitrogens with one attached hydrogen (secondary N) is 1. The van der Waals surface area contributed by atoms with Gasteiger partial charge in [0.25, 0.3) is 11.6 Å². The van der Waals surface area contributed by atoms with Crippen LogP contribution in [0, 0.1) is 10.1 Å². The predicted octanol–water partition coefficient (Wildman–Crippen LogP) is 2.20. The molecule has 1 amide bonds. The van der Waals surface area contributed by atoms with Crippen LogP contribution in [0.25, 0.3) is 0 Å². The second kappa shape index (κ2) is 9.54. The highest BCUT2D eigenvalue weighted by Crippen LogP contribution is 2.27. The Balaban J connectivity index is 1.90. The predicted molar refractivity (Wildman–Crippen MR) is 110 cm³/mol. The van der Waals surface area contributed by atoms with Gasteiger partial charge in [-0.15, -0.1) is 0 Å². The fourth-order valence-corrected chi connectivity index (χ4v) is 2.55. The third-order valence-electron chi connectivity index (χ3n) is 4.17. The van der Waals surface area contributed by atoms with E-state index in [1.807, 2.05) is 43.3 Å². The first-order valence-corrected chi connectivity index (χ1v) is 8.85. The lowest BCUT2D eigenvalue weighted by Crippen LogP contribution is -2.28. The molecular weight excluding hydrogens is 376 g/mol. The standard InChI is InChI=1S/C20H24N4O5/c1-22(2)16-8-5-14(6-9-16)12-21-19(25)13-29-20(26)15-7-10-17(23(3)4)18(11-15)24(27)28/h5-11H,12-13H2,1-4H3,(H,21,25). The first-order chi connectivity index (χ1) is 13.7. The van der Waals surface area contributed by atoms with Crippen LogP contribution < -0.4 is 15.1 Å². The Morgan fingerprint density at radius 1 is 1.03 bits per heavy atom. The number of nitro benzene ring substituents is 1. The van der Waals surface area contributed by atoms with E-state index >= 15 is 0 Å². The number of carbonyl (C=O) groups is 2. The van der Waals surface area contributed by atoms with Gasteiger partial charge in [-0.05, 0) is 29.8 Å². The molecule has 0 atom stereocenters. The third-order valence-corrected chi connectivity index (χ3v) is 4.17. The molecule has 0 unspecified atom stereocenters. The van der Waals surface area contributed by atoms with Crippen molar-refractivity contribution in [3.05, 3.63) is 63.7 Å². The number of benzene rings is 2. The van der Waals surface area contributed by atoms with Crippen molar-refractivity contribution in [3.63, 3.8) is 0 Å². The summed E-state index contributed by atoms with van der Waals surface area (Å²) in [5, 5.41) is 13.9. The largest absolute Gasteiger partial charge is 0.452 e. The number of rotatable bonds is 8. The van der Waals surface area contributed by atoms with Crippen molar-refractivity contribution in [2.45, 2.75) is 6.54 Å². The van der Waals surface area contributed by atoms with Gasteiger partial charge in [0, 0.05) is 46.5 Å². The van der Waals surface area contributed by atoms with E-state index in [1.54, 1.807) is 19.0 Å². The minimum atomic E-state index is -0.802. The Morgan fingerprint density at radius 2 is 1.69 bits per heavy atom. The van der Waals surface area contributed by atoms with E-state index in [4.69, 9.17) is 4.74 Å². The molecule has 2 aromatic carbocycles. The van der Waals surface area contributed by atoms with Gasteiger partial charge in [-0.1, -0.05) is 12.1 Å². The molecule has 29 heavy (non-hydrogen) atoms. The highest BCUT2D eigenvalue weighted by Gasteiger charge is 2.20. The molecule has 2 aromatic rings. The molecule has 154 valence electrons. The van der Waals surface area contributed by atoms with Crippen LogP contribution >= 0.6 is 0 Å². The molecule has 0 aliphatic heterocycles. The summed E-state index contributed by atoms with van der Waals surface area (Å²) in [7, 11) is 7.21. The van der Waals surface area contributed by atoms with Gasteiger partial charge in [0.1, 0.15) is 5.69 Å². The summed E-state index contributed by atoms with van der Waals surface area (Å²) in [6.07, 6.45) is 0.